The molecule has 0 aliphatic carbocycles. The van der Waals surface area contributed by atoms with Crippen LogP contribution in [0.5, 0.6) is 0 Å². The van der Waals surface area contributed by atoms with E-state index in [2.05, 4.69) is 10.3 Å². The minimum absolute atomic E-state index is 0.0613. The number of likely N-dealkylation sites (tertiary alicyclic amines) is 1. The summed E-state index contributed by atoms with van der Waals surface area (Å²) in [7, 11) is 0. The number of aromatic nitrogens is 1. The van der Waals surface area contributed by atoms with Crippen molar-refractivity contribution in [2.24, 2.45) is 5.92 Å². The van der Waals surface area contributed by atoms with Crippen molar-refractivity contribution in [1.82, 2.24) is 9.88 Å². The Morgan fingerprint density at radius 1 is 1.58 bits per heavy atom. The second-order valence-corrected chi connectivity index (χ2v) is 4.60. The second-order valence-electron chi connectivity index (χ2n) is 4.60. The molecular weight excluding hydrogens is 246 g/mol. The third kappa shape index (κ3) is 3.67. The number of carbonyl (C=O) groups excluding carboxylic acids is 1. The van der Waals surface area contributed by atoms with Crippen molar-refractivity contribution in [2.45, 2.75) is 12.8 Å². The molecule has 0 spiro atoms. The Bertz CT molecular complexity index is 450. The molecule has 1 fully saturated rings. The lowest BCUT2D eigenvalue weighted by atomic mass is 10.1. The lowest BCUT2D eigenvalue weighted by Crippen LogP contribution is -2.28. The first-order valence-corrected chi connectivity index (χ1v) is 6.31. The molecule has 1 aliphatic heterocycles. The highest BCUT2D eigenvalue weighted by Crippen LogP contribution is 2.17. The predicted molar refractivity (Wildman–Crippen MR) is 69.7 cm³/mol. The quantitative estimate of drug-likeness (QED) is 0.742. The summed E-state index contributed by atoms with van der Waals surface area (Å²) in [6.45, 7) is 1.66. The lowest BCUT2D eigenvalue weighted by Gasteiger charge is -2.16. The van der Waals surface area contributed by atoms with E-state index < -0.39 is 11.9 Å². The molecule has 1 aliphatic rings. The van der Waals surface area contributed by atoms with Gasteiger partial charge in [0.05, 0.1) is 11.6 Å². The Kier molecular flexibility index (Phi) is 4.33. The molecular formula is C13H17N3O3. The first-order valence-electron chi connectivity index (χ1n) is 6.31. The van der Waals surface area contributed by atoms with Crippen molar-refractivity contribution < 1.29 is 14.7 Å². The van der Waals surface area contributed by atoms with E-state index in [1.807, 2.05) is 12.1 Å². The van der Waals surface area contributed by atoms with Gasteiger partial charge in [0.15, 0.2) is 0 Å². The molecule has 1 atom stereocenters. The Morgan fingerprint density at radius 3 is 3.05 bits per heavy atom. The zero-order chi connectivity index (χ0) is 13.7. The SMILES string of the molecule is O=C(O)[C@H]1CC(=O)N(CCCNc2cccnc2)C1. The molecule has 2 N–H and O–H groups in total. The summed E-state index contributed by atoms with van der Waals surface area (Å²) in [6, 6.07) is 3.78. The van der Waals surface area contributed by atoms with Gasteiger partial charge < -0.3 is 15.3 Å². The molecule has 6 nitrogen and oxygen atoms in total. The van der Waals surface area contributed by atoms with E-state index in [9.17, 15) is 9.59 Å². The number of amides is 1. The zero-order valence-electron chi connectivity index (χ0n) is 10.6. The predicted octanol–water partition coefficient (Wildman–Crippen LogP) is 0.817. The van der Waals surface area contributed by atoms with Gasteiger partial charge in [-0.05, 0) is 18.6 Å². The van der Waals surface area contributed by atoms with Crippen LogP contribution in [0.1, 0.15) is 12.8 Å². The van der Waals surface area contributed by atoms with Gasteiger partial charge in [0.2, 0.25) is 5.91 Å². The topological polar surface area (TPSA) is 82.5 Å². The average Bonchev–Trinajstić information content (AvgIpc) is 2.78. The van der Waals surface area contributed by atoms with Gasteiger partial charge in [0.25, 0.3) is 0 Å². The number of carboxylic acid groups (broad SMARTS) is 1. The molecule has 19 heavy (non-hydrogen) atoms. The number of aliphatic carboxylic acids is 1. The third-order valence-electron chi connectivity index (χ3n) is 3.16. The Labute approximate surface area is 111 Å². The molecule has 0 saturated carbocycles. The van der Waals surface area contributed by atoms with Gasteiger partial charge in [-0.15, -0.1) is 0 Å². The first kappa shape index (κ1) is 13.3. The number of carbonyl (C=O) groups is 2. The molecule has 1 aromatic heterocycles. The summed E-state index contributed by atoms with van der Waals surface area (Å²) in [6.07, 6.45) is 4.36. The smallest absolute Gasteiger partial charge is 0.308 e. The van der Waals surface area contributed by atoms with E-state index in [-0.39, 0.29) is 12.3 Å². The summed E-state index contributed by atoms with van der Waals surface area (Å²) >= 11 is 0. The molecule has 102 valence electrons. The molecule has 0 unspecified atom stereocenters. The van der Waals surface area contributed by atoms with E-state index >= 15 is 0 Å². The maximum Gasteiger partial charge on any atom is 0.308 e. The van der Waals surface area contributed by atoms with Crippen LogP contribution in [-0.2, 0) is 9.59 Å². The minimum atomic E-state index is -0.885. The summed E-state index contributed by atoms with van der Waals surface area (Å²) in [5.74, 6) is -1.49. The number of anilines is 1. The summed E-state index contributed by atoms with van der Waals surface area (Å²) in [4.78, 5) is 28.0. The molecule has 0 radical (unpaired) electrons. The number of hydrogen-bond acceptors (Lipinski definition) is 4. The molecule has 2 heterocycles. The number of carboxylic acids is 1. The van der Waals surface area contributed by atoms with Crippen LogP contribution in [-0.4, -0.2) is 46.5 Å². The number of nitrogens with zero attached hydrogens (tertiary/aromatic N) is 2. The number of pyridine rings is 1. The van der Waals surface area contributed by atoms with Gasteiger partial charge in [0, 0.05) is 38.4 Å². The van der Waals surface area contributed by atoms with Gasteiger partial charge in [-0.3, -0.25) is 14.6 Å². The Hall–Kier alpha value is -2.11. The molecule has 2 rings (SSSR count). The third-order valence-corrected chi connectivity index (χ3v) is 3.16. The second kappa shape index (κ2) is 6.17. The van der Waals surface area contributed by atoms with Crippen molar-refractivity contribution in [1.29, 1.82) is 0 Å². The van der Waals surface area contributed by atoms with Gasteiger partial charge in [-0.2, -0.15) is 0 Å². The van der Waals surface area contributed by atoms with Crippen molar-refractivity contribution in [3.05, 3.63) is 24.5 Å². The highest BCUT2D eigenvalue weighted by Gasteiger charge is 2.33. The highest BCUT2D eigenvalue weighted by molar-refractivity contribution is 5.86. The molecule has 1 saturated heterocycles. The average molecular weight is 263 g/mol. The monoisotopic (exact) mass is 263 g/mol. The van der Waals surface area contributed by atoms with Crippen molar-refractivity contribution in [3.8, 4) is 0 Å². The number of nitrogens with one attached hydrogen (secondary N) is 1. The van der Waals surface area contributed by atoms with Gasteiger partial charge in [-0.25, -0.2) is 0 Å². The molecule has 1 amide bonds. The molecule has 0 aromatic carbocycles. The first-order chi connectivity index (χ1) is 9.16. The van der Waals surface area contributed by atoms with Crippen molar-refractivity contribution >= 4 is 17.6 Å². The van der Waals surface area contributed by atoms with Gasteiger partial charge >= 0.3 is 5.97 Å². The minimum Gasteiger partial charge on any atom is -0.481 e. The van der Waals surface area contributed by atoms with Crippen LogP contribution in [0.15, 0.2) is 24.5 Å². The van der Waals surface area contributed by atoms with Gasteiger partial charge in [0.1, 0.15) is 0 Å². The number of hydrogen-bond donors (Lipinski definition) is 2. The maximum atomic E-state index is 11.6. The molecule has 6 heteroatoms. The van der Waals surface area contributed by atoms with Crippen LogP contribution in [0.2, 0.25) is 0 Å². The van der Waals surface area contributed by atoms with E-state index in [4.69, 9.17) is 5.11 Å². The van der Waals surface area contributed by atoms with E-state index in [1.165, 1.54) is 0 Å². The van der Waals surface area contributed by atoms with E-state index in [0.29, 0.717) is 13.1 Å². The van der Waals surface area contributed by atoms with Crippen LogP contribution >= 0.6 is 0 Å². The fourth-order valence-electron chi connectivity index (χ4n) is 2.12. The summed E-state index contributed by atoms with van der Waals surface area (Å²) in [5.41, 5.74) is 0.943. The van der Waals surface area contributed by atoms with Crippen LogP contribution < -0.4 is 5.32 Å². The zero-order valence-corrected chi connectivity index (χ0v) is 10.6. The van der Waals surface area contributed by atoms with Crippen molar-refractivity contribution in [2.75, 3.05) is 25.0 Å². The summed E-state index contributed by atoms with van der Waals surface area (Å²) < 4.78 is 0. The van der Waals surface area contributed by atoms with Crippen LogP contribution in [0.25, 0.3) is 0 Å². The van der Waals surface area contributed by atoms with Crippen LogP contribution in [0.3, 0.4) is 0 Å². The van der Waals surface area contributed by atoms with Crippen molar-refractivity contribution in [3.63, 3.8) is 0 Å². The molecule has 0 bridgehead atoms. The molecule has 1 aromatic rings. The standard InChI is InChI=1S/C13H17N3O3/c17-12-7-10(13(18)19)9-16(12)6-2-5-15-11-3-1-4-14-8-11/h1,3-4,8,10,15H,2,5-7,9H2,(H,18,19)/t10-/m0/s1. The van der Waals surface area contributed by atoms with Gasteiger partial charge in [-0.1, -0.05) is 0 Å². The largest absolute Gasteiger partial charge is 0.481 e. The van der Waals surface area contributed by atoms with E-state index in [1.54, 1.807) is 17.3 Å². The lowest BCUT2D eigenvalue weighted by molar-refractivity contribution is -0.141. The van der Waals surface area contributed by atoms with Crippen LogP contribution in [0, 0.1) is 5.92 Å². The van der Waals surface area contributed by atoms with E-state index in [0.717, 1.165) is 18.7 Å². The maximum absolute atomic E-state index is 11.6. The fourth-order valence-corrected chi connectivity index (χ4v) is 2.12. The van der Waals surface area contributed by atoms with Crippen LogP contribution in [0.4, 0.5) is 5.69 Å². The fraction of sp³-hybridized carbons (Fsp3) is 0.462. The Balaban J connectivity index is 1.69. The normalized spacial score (nSPS) is 18.6. The Morgan fingerprint density at radius 2 is 2.42 bits per heavy atom. The number of rotatable bonds is 6. The summed E-state index contributed by atoms with van der Waals surface area (Å²) in [5, 5.41) is 12.1. The highest BCUT2D eigenvalue weighted by atomic mass is 16.4.